The zero-order chi connectivity index (χ0) is 22.4. The monoisotopic (exact) mass is 460 g/mol. The Morgan fingerprint density at radius 3 is 2.56 bits per heavy atom. The summed E-state index contributed by atoms with van der Waals surface area (Å²) in [5, 5.41) is 10.9. The van der Waals surface area contributed by atoms with Crippen LogP contribution in [0.4, 0.5) is 15.9 Å². The lowest BCUT2D eigenvalue weighted by Crippen LogP contribution is -2.47. The van der Waals surface area contributed by atoms with Crippen LogP contribution in [-0.4, -0.2) is 52.8 Å². The number of halogens is 2. The molecule has 0 spiro atoms. The highest BCUT2D eigenvalue weighted by molar-refractivity contribution is 6.31. The number of benzene rings is 1. The smallest absolute Gasteiger partial charge is 0.261 e. The van der Waals surface area contributed by atoms with E-state index in [-0.39, 0.29) is 16.8 Å². The van der Waals surface area contributed by atoms with Gasteiger partial charge in [0.2, 0.25) is 0 Å². The van der Waals surface area contributed by atoms with Crippen LogP contribution >= 0.6 is 11.6 Å². The van der Waals surface area contributed by atoms with E-state index in [1.54, 1.807) is 11.7 Å². The molecular formula is C23H30ClFN6O. The Balaban J connectivity index is 1.31. The molecule has 1 aliphatic heterocycles. The van der Waals surface area contributed by atoms with E-state index < -0.39 is 5.82 Å². The molecule has 1 amide bonds. The molecule has 3 aliphatic rings. The van der Waals surface area contributed by atoms with E-state index in [0.29, 0.717) is 34.9 Å². The number of nitrogen functional groups attached to an aromatic ring is 1. The molecule has 5 rings (SSSR count). The number of hydrogen-bond acceptors (Lipinski definition) is 5. The van der Waals surface area contributed by atoms with Gasteiger partial charge in [0.1, 0.15) is 17.2 Å². The number of anilines is 2. The Morgan fingerprint density at radius 1 is 1.22 bits per heavy atom. The van der Waals surface area contributed by atoms with Crippen molar-refractivity contribution in [1.82, 2.24) is 20.0 Å². The topological polar surface area (TPSA) is 88.2 Å². The number of carbonyl (C=O) groups is 1. The lowest BCUT2D eigenvalue weighted by molar-refractivity contribution is 0.102. The van der Waals surface area contributed by atoms with Gasteiger partial charge in [-0.1, -0.05) is 11.6 Å². The van der Waals surface area contributed by atoms with Crippen LogP contribution in [0.25, 0.3) is 0 Å². The maximum Gasteiger partial charge on any atom is 0.261 e. The van der Waals surface area contributed by atoms with Gasteiger partial charge >= 0.3 is 0 Å². The fraction of sp³-hybridized carbons (Fsp3) is 0.565. The van der Waals surface area contributed by atoms with Gasteiger partial charge in [0.05, 0.1) is 10.7 Å². The summed E-state index contributed by atoms with van der Waals surface area (Å²) in [6.07, 6.45) is 4.57. The first-order valence-corrected chi connectivity index (χ1v) is 11.8. The molecule has 2 atom stereocenters. The molecule has 172 valence electrons. The molecule has 1 aromatic carbocycles. The minimum Gasteiger partial charge on any atom is -0.383 e. The number of aromatic nitrogens is 2. The first-order valence-electron chi connectivity index (χ1n) is 11.4. The minimum atomic E-state index is -0.525. The van der Waals surface area contributed by atoms with Crippen LogP contribution in [-0.2, 0) is 7.05 Å². The van der Waals surface area contributed by atoms with Gasteiger partial charge in [-0.25, -0.2) is 4.39 Å². The SMILES string of the molecule is Cn1nc(C2CC3CC(N4CCNCC4)CC3C2)c(C(=O)Nc2ccc(F)c(Cl)c2)c1N. The van der Waals surface area contributed by atoms with E-state index in [2.05, 4.69) is 20.6 Å². The standard InChI is InChI=1S/C23H30ClFN6O/c1-30-22(26)20(23(32)28-16-2-3-19(25)18(24)12-16)21(29-30)15-8-13-10-17(11-14(13)9-15)31-6-4-27-5-7-31/h2-3,12-15,17,27H,4-11,26H2,1H3,(H,28,32). The Hall–Kier alpha value is -2.16. The van der Waals surface area contributed by atoms with Gasteiger partial charge in [-0.3, -0.25) is 14.4 Å². The second-order valence-electron chi connectivity index (χ2n) is 9.45. The average Bonchev–Trinajstić information content (AvgIpc) is 3.43. The zero-order valence-corrected chi connectivity index (χ0v) is 19.0. The third-order valence-corrected chi connectivity index (χ3v) is 7.86. The predicted octanol–water partition coefficient (Wildman–Crippen LogP) is 3.22. The second kappa shape index (κ2) is 8.65. The van der Waals surface area contributed by atoms with E-state index in [0.717, 1.165) is 44.7 Å². The highest BCUT2D eigenvalue weighted by Crippen LogP contribution is 2.52. The Kier molecular flexibility index (Phi) is 5.86. The van der Waals surface area contributed by atoms with E-state index in [1.807, 2.05) is 0 Å². The summed E-state index contributed by atoms with van der Waals surface area (Å²) in [6.45, 7) is 4.45. The van der Waals surface area contributed by atoms with Gasteiger partial charge in [0.25, 0.3) is 5.91 Å². The van der Waals surface area contributed by atoms with Crippen LogP contribution in [0.5, 0.6) is 0 Å². The molecule has 0 radical (unpaired) electrons. The van der Waals surface area contributed by atoms with Crippen molar-refractivity contribution in [2.75, 3.05) is 37.2 Å². The average molecular weight is 461 g/mol. The van der Waals surface area contributed by atoms with E-state index in [1.165, 1.54) is 31.0 Å². The zero-order valence-electron chi connectivity index (χ0n) is 18.3. The molecule has 7 nitrogen and oxygen atoms in total. The molecule has 2 saturated carbocycles. The van der Waals surface area contributed by atoms with E-state index in [4.69, 9.17) is 17.3 Å². The summed E-state index contributed by atoms with van der Waals surface area (Å²) in [7, 11) is 1.76. The fourth-order valence-corrected chi connectivity index (χ4v) is 6.18. The summed E-state index contributed by atoms with van der Waals surface area (Å²) in [4.78, 5) is 15.8. The van der Waals surface area contributed by atoms with Crippen molar-refractivity contribution in [2.24, 2.45) is 18.9 Å². The number of aryl methyl sites for hydroxylation is 1. The third kappa shape index (κ3) is 4.00. The van der Waals surface area contributed by atoms with Crippen molar-refractivity contribution in [3.05, 3.63) is 40.3 Å². The largest absolute Gasteiger partial charge is 0.383 e. The molecule has 0 bridgehead atoms. The molecule has 4 N–H and O–H groups in total. The molecular weight excluding hydrogens is 431 g/mol. The molecule has 32 heavy (non-hydrogen) atoms. The van der Waals surface area contributed by atoms with Crippen LogP contribution < -0.4 is 16.4 Å². The number of hydrogen-bond donors (Lipinski definition) is 3. The van der Waals surface area contributed by atoms with Gasteiger partial charge in [-0.2, -0.15) is 5.10 Å². The van der Waals surface area contributed by atoms with Gasteiger partial charge in [0.15, 0.2) is 0 Å². The third-order valence-electron chi connectivity index (χ3n) is 7.57. The highest BCUT2D eigenvalue weighted by Gasteiger charge is 2.45. The summed E-state index contributed by atoms with van der Waals surface area (Å²) in [5.41, 5.74) is 7.89. The normalized spacial score (nSPS) is 28.1. The van der Waals surface area contributed by atoms with Gasteiger partial charge < -0.3 is 16.4 Å². The van der Waals surface area contributed by atoms with Crippen molar-refractivity contribution in [1.29, 1.82) is 0 Å². The van der Waals surface area contributed by atoms with Crippen LogP contribution in [0.1, 0.15) is 47.7 Å². The minimum absolute atomic E-state index is 0.0372. The van der Waals surface area contributed by atoms with Crippen LogP contribution in [0.2, 0.25) is 5.02 Å². The first kappa shape index (κ1) is 21.7. The number of nitrogens with one attached hydrogen (secondary N) is 2. The van der Waals surface area contributed by atoms with E-state index in [9.17, 15) is 9.18 Å². The lowest BCUT2D eigenvalue weighted by Gasteiger charge is -2.33. The summed E-state index contributed by atoms with van der Waals surface area (Å²) >= 11 is 5.86. The molecule has 3 fully saturated rings. The second-order valence-corrected chi connectivity index (χ2v) is 9.86. The maximum atomic E-state index is 13.5. The summed E-state index contributed by atoms with van der Waals surface area (Å²) in [6, 6.07) is 4.81. The fourth-order valence-electron chi connectivity index (χ4n) is 6.00. The lowest BCUT2D eigenvalue weighted by atomic mass is 9.95. The Bertz CT molecular complexity index is 1010. The highest BCUT2D eigenvalue weighted by atomic mass is 35.5. The number of piperazine rings is 1. The number of carbonyl (C=O) groups excluding carboxylic acids is 1. The number of rotatable bonds is 4. The van der Waals surface area contributed by atoms with Gasteiger partial charge in [0, 0.05) is 50.9 Å². The van der Waals surface area contributed by atoms with Crippen molar-refractivity contribution < 1.29 is 9.18 Å². The van der Waals surface area contributed by atoms with Crippen molar-refractivity contribution in [2.45, 2.75) is 37.6 Å². The predicted molar refractivity (Wildman–Crippen MR) is 123 cm³/mol. The van der Waals surface area contributed by atoms with Crippen molar-refractivity contribution >= 4 is 29.0 Å². The number of nitrogens with two attached hydrogens (primary N) is 1. The first-order chi connectivity index (χ1) is 15.4. The molecule has 2 aromatic rings. The number of fused-ring (bicyclic) bond motifs is 1. The van der Waals surface area contributed by atoms with Crippen molar-refractivity contribution in [3.63, 3.8) is 0 Å². The van der Waals surface area contributed by atoms with E-state index >= 15 is 0 Å². The van der Waals surface area contributed by atoms with Crippen LogP contribution in [0, 0.1) is 17.7 Å². The molecule has 2 heterocycles. The van der Waals surface area contributed by atoms with Crippen LogP contribution in [0.15, 0.2) is 18.2 Å². The molecule has 2 aliphatic carbocycles. The van der Waals surface area contributed by atoms with Crippen LogP contribution in [0.3, 0.4) is 0 Å². The molecule has 2 unspecified atom stereocenters. The number of amides is 1. The summed E-state index contributed by atoms with van der Waals surface area (Å²) in [5.74, 6) is 1.08. The Morgan fingerprint density at radius 2 is 1.91 bits per heavy atom. The van der Waals surface area contributed by atoms with Gasteiger partial charge in [-0.05, 0) is 55.7 Å². The quantitative estimate of drug-likeness (QED) is 0.652. The van der Waals surface area contributed by atoms with Crippen molar-refractivity contribution in [3.8, 4) is 0 Å². The van der Waals surface area contributed by atoms with Gasteiger partial charge in [-0.15, -0.1) is 0 Å². The Labute approximate surface area is 192 Å². The molecule has 1 aromatic heterocycles. The number of nitrogens with zero attached hydrogens (tertiary/aromatic N) is 3. The molecule has 9 heteroatoms. The maximum absolute atomic E-state index is 13.5. The summed E-state index contributed by atoms with van der Waals surface area (Å²) < 4.78 is 15.1. The molecule has 1 saturated heterocycles.